The van der Waals surface area contributed by atoms with Gasteiger partial charge in [0.25, 0.3) is 0 Å². The van der Waals surface area contributed by atoms with Crippen LogP contribution in [-0.4, -0.2) is 17.4 Å². The maximum atomic E-state index is 11.7. The first-order valence-electron chi connectivity index (χ1n) is 9.68. The van der Waals surface area contributed by atoms with Crippen LogP contribution in [0.1, 0.15) is 38.8 Å². The van der Waals surface area contributed by atoms with Gasteiger partial charge >= 0.3 is 0 Å². The van der Waals surface area contributed by atoms with Gasteiger partial charge in [0.2, 0.25) is 5.91 Å². The second-order valence-corrected chi connectivity index (χ2v) is 6.49. The summed E-state index contributed by atoms with van der Waals surface area (Å²) < 4.78 is 5.92. The van der Waals surface area contributed by atoms with E-state index < -0.39 is 0 Å². The van der Waals surface area contributed by atoms with Crippen molar-refractivity contribution < 1.29 is 9.53 Å². The van der Waals surface area contributed by atoms with E-state index >= 15 is 0 Å². The van der Waals surface area contributed by atoms with Gasteiger partial charge in [0.15, 0.2) is 0 Å². The van der Waals surface area contributed by atoms with Crippen molar-refractivity contribution in [3.05, 3.63) is 65.9 Å². The third-order valence-corrected chi connectivity index (χ3v) is 4.21. The maximum absolute atomic E-state index is 11.7. The molecule has 0 aliphatic heterocycles. The molecule has 27 heavy (non-hydrogen) atoms. The first-order valence-corrected chi connectivity index (χ1v) is 9.68. The van der Waals surface area contributed by atoms with Gasteiger partial charge in [-0.2, -0.15) is 0 Å². The van der Waals surface area contributed by atoms with E-state index in [0.717, 1.165) is 28.6 Å². The Labute approximate surface area is 161 Å². The number of hydrogen-bond donors (Lipinski definition) is 2. The molecule has 0 radical (unpaired) electrons. The molecule has 0 aliphatic carbocycles. The molecular formula is C23H30N2O2. The highest BCUT2D eigenvalue weighted by Gasteiger charge is 2.08. The summed E-state index contributed by atoms with van der Waals surface area (Å²) in [6.45, 7) is 8.99. The molecule has 0 atom stereocenters. The minimum absolute atomic E-state index is 0.0148. The zero-order chi connectivity index (χ0) is 19.6. The number of aromatic nitrogens is 1. The molecule has 3 rings (SSSR count). The average Bonchev–Trinajstić information content (AvgIpc) is 3.11. The molecule has 0 fully saturated rings. The topological polar surface area (TPSA) is 54.1 Å². The third kappa shape index (κ3) is 5.88. The number of benzene rings is 2. The molecule has 2 N–H and O–H groups in total. The number of hydrogen-bond acceptors (Lipinski definition) is 2. The fourth-order valence-corrected chi connectivity index (χ4v) is 2.72. The molecule has 3 aromatic rings. The van der Waals surface area contributed by atoms with Gasteiger partial charge in [-0.05, 0) is 35.7 Å². The number of H-pyrrole nitrogens is 1. The van der Waals surface area contributed by atoms with Crippen molar-refractivity contribution in [2.24, 2.45) is 5.92 Å². The second kappa shape index (κ2) is 10.4. The van der Waals surface area contributed by atoms with Crippen molar-refractivity contribution in [3.63, 3.8) is 0 Å². The summed E-state index contributed by atoms with van der Waals surface area (Å²) in [6, 6.07) is 16.2. The summed E-state index contributed by atoms with van der Waals surface area (Å²) in [5.41, 5.74) is 3.41. The van der Waals surface area contributed by atoms with Crippen molar-refractivity contribution >= 4 is 16.8 Å². The summed E-state index contributed by atoms with van der Waals surface area (Å²) in [5, 5.41) is 4.11. The minimum atomic E-state index is 0.0148. The number of fused-ring (bicyclic) bond motifs is 1. The molecule has 1 amide bonds. The van der Waals surface area contributed by atoms with Crippen LogP contribution < -0.4 is 10.1 Å². The minimum Gasteiger partial charge on any atom is -0.489 e. The zero-order valence-electron chi connectivity index (χ0n) is 16.7. The van der Waals surface area contributed by atoms with Crippen molar-refractivity contribution in [2.45, 2.75) is 40.7 Å². The second-order valence-electron chi connectivity index (χ2n) is 6.49. The predicted molar refractivity (Wildman–Crippen MR) is 112 cm³/mol. The van der Waals surface area contributed by atoms with Crippen LogP contribution in [0.4, 0.5) is 0 Å². The Kier molecular flexibility index (Phi) is 7.93. The molecule has 0 saturated carbocycles. The Morgan fingerprint density at radius 2 is 1.85 bits per heavy atom. The molecule has 2 aromatic carbocycles. The Hall–Kier alpha value is -2.75. The van der Waals surface area contributed by atoms with Crippen molar-refractivity contribution in [1.82, 2.24) is 10.3 Å². The van der Waals surface area contributed by atoms with Crippen LogP contribution in [-0.2, 0) is 17.8 Å². The Morgan fingerprint density at radius 3 is 2.56 bits per heavy atom. The fourth-order valence-electron chi connectivity index (χ4n) is 2.72. The quantitative estimate of drug-likeness (QED) is 0.612. The molecule has 0 bridgehead atoms. The monoisotopic (exact) mass is 366 g/mol. The number of ether oxygens (including phenoxy) is 1. The number of aromatic amines is 1. The Balaban J connectivity index is 0.00000126. The van der Waals surface area contributed by atoms with E-state index in [1.165, 1.54) is 5.56 Å². The van der Waals surface area contributed by atoms with Crippen molar-refractivity contribution in [2.75, 3.05) is 6.54 Å². The molecule has 0 aliphatic rings. The number of rotatable bonds is 7. The van der Waals surface area contributed by atoms with Gasteiger partial charge in [-0.15, -0.1) is 0 Å². The van der Waals surface area contributed by atoms with Crippen LogP contribution in [0, 0.1) is 5.92 Å². The largest absolute Gasteiger partial charge is 0.489 e. The van der Waals surface area contributed by atoms with Crippen LogP contribution in [0.25, 0.3) is 10.9 Å². The van der Waals surface area contributed by atoms with Gasteiger partial charge in [0.05, 0.1) is 0 Å². The SMILES string of the molecule is CC.CC(C)C(=O)NCCc1c[nH]c2ccc(OCc3ccccc3)cc12. The van der Waals surface area contributed by atoms with Gasteiger partial charge in [-0.25, -0.2) is 0 Å². The van der Waals surface area contributed by atoms with E-state index in [0.29, 0.717) is 13.2 Å². The Morgan fingerprint density at radius 1 is 1.11 bits per heavy atom. The van der Waals surface area contributed by atoms with Crippen molar-refractivity contribution in [3.8, 4) is 5.75 Å². The smallest absolute Gasteiger partial charge is 0.222 e. The van der Waals surface area contributed by atoms with E-state index in [1.54, 1.807) is 0 Å². The molecule has 0 unspecified atom stereocenters. The number of carbonyl (C=O) groups excluding carboxylic acids is 1. The van der Waals surface area contributed by atoms with Crippen molar-refractivity contribution in [1.29, 1.82) is 0 Å². The van der Waals surface area contributed by atoms with E-state index in [2.05, 4.69) is 28.5 Å². The average molecular weight is 367 g/mol. The lowest BCUT2D eigenvalue weighted by Crippen LogP contribution is -2.29. The van der Waals surface area contributed by atoms with E-state index in [9.17, 15) is 4.79 Å². The molecule has 144 valence electrons. The summed E-state index contributed by atoms with van der Waals surface area (Å²) in [7, 11) is 0. The molecule has 1 aromatic heterocycles. The van der Waals surface area contributed by atoms with Gasteiger partial charge in [0.1, 0.15) is 12.4 Å². The summed E-state index contributed by atoms with van der Waals surface area (Å²) >= 11 is 0. The van der Waals surface area contributed by atoms with Gasteiger partial charge in [-0.3, -0.25) is 4.79 Å². The highest BCUT2D eigenvalue weighted by Crippen LogP contribution is 2.24. The molecular weight excluding hydrogens is 336 g/mol. The highest BCUT2D eigenvalue weighted by molar-refractivity contribution is 5.84. The van der Waals surface area contributed by atoms with Gasteiger partial charge < -0.3 is 15.0 Å². The van der Waals surface area contributed by atoms with Crippen LogP contribution in [0.15, 0.2) is 54.7 Å². The van der Waals surface area contributed by atoms with E-state index in [4.69, 9.17) is 4.74 Å². The number of nitrogens with one attached hydrogen (secondary N) is 2. The maximum Gasteiger partial charge on any atom is 0.222 e. The van der Waals surface area contributed by atoms with Gasteiger partial charge in [0, 0.05) is 29.6 Å². The molecule has 0 spiro atoms. The fraction of sp³-hybridized carbons (Fsp3) is 0.348. The number of amides is 1. The summed E-state index contributed by atoms with van der Waals surface area (Å²) in [6.07, 6.45) is 2.80. The normalized spacial score (nSPS) is 10.4. The molecule has 1 heterocycles. The zero-order valence-corrected chi connectivity index (χ0v) is 16.7. The van der Waals surface area contributed by atoms with Crippen LogP contribution >= 0.6 is 0 Å². The predicted octanol–water partition coefficient (Wildman–Crippen LogP) is 5.09. The standard InChI is InChI=1S/C21H24N2O2.C2H6/c1-15(2)21(24)22-11-10-17-13-23-20-9-8-18(12-19(17)20)25-14-16-6-4-3-5-7-16;1-2/h3-9,12-13,15,23H,10-11,14H2,1-2H3,(H,22,24);1-2H3. The lowest BCUT2D eigenvalue weighted by molar-refractivity contribution is -0.123. The molecule has 0 saturated heterocycles. The first-order chi connectivity index (χ1) is 13.1. The summed E-state index contributed by atoms with van der Waals surface area (Å²) in [4.78, 5) is 15.0. The lowest BCUT2D eigenvalue weighted by atomic mass is 10.1. The Bertz CT molecular complexity index is 838. The van der Waals surface area contributed by atoms with Crippen LogP contribution in [0.3, 0.4) is 0 Å². The first kappa shape index (κ1) is 20.6. The van der Waals surface area contributed by atoms with Crippen LogP contribution in [0.5, 0.6) is 5.75 Å². The van der Waals surface area contributed by atoms with Gasteiger partial charge in [-0.1, -0.05) is 58.0 Å². The van der Waals surface area contributed by atoms with E-state index in [-0.39, 0.29) is 11.8 Å². The highest BCUT2D eigenvalue weighted by atomic mass is 16.5. The summed E-state index contributed by atoms with van der Waals surface area (Å²) in [5.74, 6) is 0.955. The molecule has 4 nitrogen and oxygen atoms in total. The van der Waals surface area contributed by atoms with E-state index in [1.807, 2.05) is 64.2 Å². The molecule has 4 heteroatoms. The van der Waals surface area contributed by atoms with Crippen LogP contribution in [0.2, 0.25) is 0 Å². The number of carbonyl (C=O) groups is 1. The lowest BCUT2D eigenvalue weighted by Gasteiger charge is -2.08. The third-order valence-electron chi connectivity index (χ3n) is 4.21.